The lowest BCUT2D eigenvalue weighted by atomic mass is 9.96. The van der Waals surface area contributed by atoms with E-state index in [4.69, 9.17) is 0 Å². The minimum Gasteiger partial charge on any atom is -0.353 e. The zero-order chi connectivity index (χ0) is 23.4. The average Bonchev–Trinajstić information content (AvgIpc) is 2.83. The lowest BCUT2D eigenvalue weighted by Crippen LogP contribution is -2.45. The second-order valence-electron chi connectivity index (χ2n) is 8.85. The molecule has 2 aromatic carbocycles. The summed E-state index contributed by atoms with van der Waals surface area (Å²) in [4.78, 5) is 24.7. The number of carbonyl (C=O) groups is 2. The molecule has 2 amide bonds. The van der Waals surface area contributed by atoms with E-state index in [0.29, 0.717) is 44.5 Å². The van der Waals surface area contributed by atoms with E-state index in [0.717, 1.165) is 18.4 Å². The van der Waals surface area contributed by atoms with Gasteiger partial charge in [-0.1, -0.05) is 37.3 Å². The maximum atomic E-state index is 13.2. The molecule has 2 aromatic rings. The lowest BCUT2D eigenvalue weighted by molar-refractivity contribution is -0.126. The van der Waals surface area contributed by atoms with Gasteiger partial charge in [-0.25, -0.2) is 8.42 Å². The maximum Gasteiger partial charge on any atom is 0.243 e. The second-order valence-corrected chi connectivity index (χ2v) is 10.8. The number of benzene rings is 2. The number of amides is 2. The number of hydrogen-bond acceptors (Lipinski definition) is 4. The SMILES string of the molecule is CCC(Cc1ccccc1)NC(=O)C1CCN(S(=O)(=O)c2ccc3c(c2)CCC(=O)N3)CC1. The minimum absolute atomic E-state index is 0.0133. The Bertz CT molecular complexity index is 1110. The normalized spacial score (nSPS) is 18.3. The van der Waals surface area contributed by atoms with Crippen LogP contribution in [-0.4, -0.2) is 43.7 Å². The smallest absolute Gasteiger partial charge is 0.243 e. The molecule has 0 aromatic heterocycles. The van der Waals surface area contributed by atoms with Crippen molar-refractivity contribution in [3.8, 4) is 0 Å². The van der Waals surface area contributed by atoms with Crippen LogP contribution >= 0.6 is 0 Å². The summed E-state index contributed by atoms with van der Waals surface area (Å²) in [5.74, 6) is -0.216. The van der Waals surface area contributed by atoms with Gasteiger partial charge >= 0.3 is 0 Å². The molecule has 2 aliphatic heterocycles. The summed E-state index contributed by atoms with van der Waals surface area (Å²) in [6.07, 6.45) is 3.54. The Balaban J connectivity index is 1.35. The van der Waals surface area contributed by atoms with Crippen LogP contribution in [0.3, 0.4) is 0 Å². The lowest BCUT2D eigenvalue weighted by Gasteiger charge is -2.31. The molecule has 0 bridgehead atoms. The van der Waals surface area contributed by atoms with Crippen molar-refractivity contribution in [3.05, 3.63) is 59.7 Å². The highest BCUT2D eigenvalue weighted by Gasteiger charge is 2.33. The summed E-state index contributed by atoms with van der Waals surface area (Å²) in [6.45, 7) is 2.71. The largest absolute Gasteiger partial charge is 0.353 e. The predicted octanol–water partition coefficient (Wildman–Crippen LogP) is 3.11. The molecular formula is C25H31N3O4S. The topological polar surface area (TPSA) is 95.6 Å². The minimum atomic E-state index is -3.64. The molecule has 8 heteroatoms. The highest BCUT2D eigenvalue weighted by Crippen LogP contribution is 2.29. The van der Waals surface area contributed by atoms with Gasteiger partial charge in [0.2, 0.25) is 21.8 Å². The first kappa shape index (κ1) is 23.4. The molecule has 176 valence electrons. The van der Waals surface area contributed by atoms with E-state index >= 15 is 0 Å². The number of piperidine rings is 1. The highest BCUT2D eigenvalue weighted by atomic mass is 32.2. The molecule has 1 saturated heterocycles. The summed E-state index contributed by atoms with van der Waals surface area (Å²) in [5.41, 5.74) is 2.71. The quantitative estimate of drug-likeness (QED) is 0.651. The number of fused-ring (bicyclic) bond motifs is 1. The second kappa shape index (κ2) is 10.1. The van der Waals surface area contributed by atoms with Crippen LogP contribution in [-0.2, 0) is 32.5 Å². The van der Waals surface area contributed by atoms with Crippen molar-refractivity contribution in [1.82, 2.24) is 9.62 Å². The van der Waals surface area contributed by atoms with Crippen molar-refractivity contribution >= 4 is 27.5 Å². The van der Waals surface area contributed by atoms with E-state index in [9.17, 15) is 18.0 Å². The van der Waals surface area contributed by atoms with Crippen LogP contribution in [0.2, 0.25) is 0 Å². The van der Waals surface area contributed by atoms with Gasteiger partial charge in [0.1, 0.15) is 0 Å². The highest BCUT2D eigenvalue weighted by molar-refractivity contribution is 7.89. The third kappa shape index (κ3) is 5.45. The van der Waals surface area contributed by atoms with Crippen molar-refractivity contribution < 1.29 is 18.0 Å². The molecule has 2 N–H and O–H groups in total. The fourth-order valence-electron chi connectivity index (χ4n) is 4.54. The van der Waals surface area contributed by atoms with Crippen LogP contribution in [0.4, 0.5) is 5.69 Å². The fraction of sp³-hybridized carbons (Fsp3) is 0.440. The number of nitrogens with one attached hydrogen (secondary N) is 2. The van der Waals surface area contributed by atoms with Gasteiger partial charge < -0.3 is 10.6 Å². The summed E-state index contributed by atoms with van der Waals surface area (Å²) >= 11 is 0. The summed E-state index contributed by atoms with van der Waals surface area (Å²) < 4.78 is 27.8. The van der Waals surface area contributed by atoms with Gasteiger partial charge in [-0.3, -0.25) is 9.59 Å². The van der Waals surface area contributed by atoms with E-state index in [2.05, 4.69) is 29.7 Å². The van der Waals surface area contributed by atoms with Gasteiger partial charge in [0.15, 0.2) is 0 Å². The Kier molecular flexibility index (Phi) is 7.14. The standard InChI is InChI=1S/C25H31N3O4S/c1-2-21(16-18-6-4-3-5-7-18)26-25(30)19-12-14-28(15-13-19)33(31,32)22-9-10-23-20(17-22)8-11-24(29)27-23/h3-7,9-10,17,19,21H,2,8,11-16H2,1H3,(H,26,30)(H,27,29). The molecule has 1 unspecified atom stereocenters. The summed E-state index contributed by atoms with van der Waals surface area (Å²) in [7, 11) is -3.64. The molecule has 2 heterocycles. The van der Waals surface area contributed by atoms with Crippen LogP contribution in [0, 0.1) is 5.92 Å². The molecule has 7 nitrogen and oxygen atoms in total. The molecule has 33 heavy (non-hydrogen) atoms. The Labute approximate surface area is 195 Å². The zero-order valence-electron chi connectivity index (χ0n) is 18.9. The fourth-order valence-corrected chi connectivity index (χ4v) is 6.06. The van der Waals surface area contributed by atoms with Crippen molar-refractivity contribution in [2.45, 2.75) is 56.4 Å². The van der Waals surface area contributed by atoms with Crippen molar-refractivity contribution in [2.75, 3.05) is 18.4 Å². The maximum absolute atomic E-state index is 13.2. The number of rotatable bonds is 7. The summed E-state index contributed by atoms with van der Waals surface area (Å²) in [6, 6.07) is 15.0. The van der Waals surface area contributed by atoms with E-state index in [1.165, 1.54) is 9.87 Å². The monoisotopic (exact) mass is 469 g/mol. The van der Waals surface area contributed by atoms with E-state index in [-0.39, 0.29) is 28.7 Å². The first-order valence-corrected chi connectivity index (χ1v) is 13.1. The van der Waals surface area contributed by atoms with Gasteiger partial charge in [0.05, 0.1) is 4.90 Å². The molecular weight excluding hydrogens is 438 g/mol. The zero-order valence-corrected chi connectivity index (χ0v) is 19.7. The van der Waals surface area contributed by atoms with E-state index in [1.54, 1.807) is 18.2 Å². The Morgan fingerprint density at radius 1 is 1.12 bits per heavy atom. The molecule has 0 aliphatic carbocycles. The molecule has 0 saturated carbocycles. The van der Waals surface area contributed by atoms with E-state index in [1.807, 2.05) is 18.2 Å². The van der Waals surface area contributed by atoms with Gasteiger partial charge in [0, 0.05) is 37.2 Å². The molecule has 0 spiro atoms. The number of aryl methyl sites for hydroxylation is 1. The van der Waals surface area contributed by atoms with Crippen LogP contribution in [0.25, 0.3) is 0 Å². The van der Waals surface area contributed by atoms with Crippen molar-refractivity contribution in [2.24, 2.45) is 5.92 Å². The van der Waals surface area contributed by atoms with Gasteiger partial charge in [-0.15, -0.1) is 0 Å². The number of sulfonamides is 1. The van der Waals surface area contributed by atoms with E-state index < -0.39 is 10.0 Å². The Hall–Kier alpha value is -2.71. The van der Waals surface area contributed by atoms with Crippen LogP contribution < -0.4 is 10.6 Å². The molecule has 4 rings (SSSR count). The molecule has 1 atom stereocenters. The van der Waals surface area contributed by atoms with Crippen LogP contribution in [0.15, 0.2) is 53.4 Å². The molecule has 0 radical (unpaired) electrons. The van der Waals surface area contributed by atoms with Gasteiger partial charge in [0.25, 0.3) is 0 Å². The first-order chi connectivity index (χ1) is 15.9. The number of nitrogens with zero attached hydrogens (tertiary/aromatic N) is 1. The van der Waals surface area contributed by atoms with Gasteiger partial charge in [-0.2, -0.15) is 4.31 Å². The van der Waals surface area contributed by atoms with Crippen LogP contribution in [0.5, 0.6) is 0 Å². The Morgan fingerprint density at radius 3 is 2.55 bits per heavy atom. The average molecular weight is 470 g/mol. The van der Waals surface area contributed by atoms with Crippen molar-refractivity contribution in [3.63, 3.8) is 0 Å². The predicted molar refractivity (Wildman–Crippen MR) is 127 cm³/mol. The third-order valence-corrected chi connectivity index (χ3v) is 8.49. The summed E-state index contributed by atoms with van der Waals surface area (Å²) in [5, 5.41) is 5.95. The third-order valence-electron chi connectivity index (χ3n) is 6.60. The van der Waals surface area contributed by atoms with Crippen molar-refractivity contribution in [1.29, 1.82) is 0 Å². The number of hydrogen-bond donors (Lipinski definition) is 2. The first-order valence-electron chi connectivity index (χ1n) is 11.6. The molecule has 2 aliphatic rings. The number of anilines is 1. The molecule has 1 fully saturated rings. The Morgan fingerprint density at radius 2 is 1.85 bits per heavy atom. The van der Waals surface area contributed by atoms with Gasteiger partial charge in [-0.05, 0) is 61.4 Å². The number of carbonyl (C=O) groups excluding carboxylic acids is 2. The van der Waals surface area contributed by atoms with Crippen LogP contribution in [0.1, 0.15) is 43.7 Å².